The Kier molecular flexibility index (Phi) is 2.48. The molecule has 6 heteroatoms. The average Bonchev–Trinajstić information content (AvgIpc) is 2.52. The smallest absolute Gasteiger partial charge is 0.237 e. The van der Waals surface area contributed by atoms with Crippen molar-refractivity contribution >= 4 is 15.7 Å². The molecular formula is C8H14N2O3S. The monoisotopic (exact) mass is 218 g/mol. The Morgan fingerprint density at radius 2 is 1.93 bits per heavy atom. The van der Waals surface area contributed by atoms with E-state index in [0.717, 1.165) is 0 Å². The Morgan fingerprint density at radius 3 is 2.43 bits per heavy atom. The molecule has 0 bridgehead atoms. The maximum absolute atomic E-state index is 11.3. The molecule has 1 N–H and O–H groups in total. The Balaban J connectivity index is 1.98. The van der Waals surface area contributed by atoms with Gasteiger partial charge in [0.05, 0.1) is 24.7 Å². The van der Waals surface area contributed by atoms with E-state index in [1.54, 1.807) is 4.90 Å². The lowest BCUT2D eigenvalue weighted by molar-refractivity contribution is -0.128. The van der Waals surface area contributed by atoms with Crippen molar-refractivity contribution in [3.8, 4) is 0 Å². The Morgan fingerprint density at radius 1 is 1.29 bits per heavy atom. The normalized spacial score (nSPS) is 28.3. The molecule has 0 aliphatic carbocycles. The van der Waals surface area contributed by atoms with Crippen molar-refractivity contribution in [3.05, 3.63) is 0 Å². The molecule has 0 aromatic heterocycles. The number of nitrogens with one attached hydrogen (secondary N) is 1. The summed E-state index contributed by atoms with van der Waals surface area (Å²) in [4.78, 5) is 13.1. The third kappa shape index (κ3) is 1.90. The van der Waals surface area contributed by atoms with Crippen LogP contribution in [0.2, 0.25) is 0 Å². The van der Waals surface area contributed by atoms with E-state index in [0.29, 0.717) is 26.1 Å². The summed E-state index contributed by atoms with van der Waals surface area (Å²) in [6.45, 7) is 0.965. The zero-order chi connectivity index (χ0) is 10.2. The van der Waals surface area contributed by atoms with Crippen LogP contribution in [0.4, 0.5) is 0 Å². The minimum Gasteiger partial charge on any atom is -0.326 e. The highest BCUT2D eigenvalue weighted by molar-refractivity contribution is 7.91. The minimum atomic E-state index is -2.82. The van der Waals surface area contributed by atoms with E-state index in [2.05, 4.69) is 5.32 Å². The fourth-order valence-electron chi connectivity index (χ4n) is 2.00. The molecule has 2 rings (SSSR count). The van der Waals surface area contributed by atoms with Gasteiger partial charge in [-0.15, -0.1) is 0 Å². The van der Waals surface area contributed by atoms with Crippen molar-refractivity contribution in [2.75, 3.05) is 24.7 Å². The molecule has 80 valence electrons. The number of hydrogen-bond donors (Lipinski definition) is 1. The van der Waals surface area contributed by atoms with Crippen molar-refractivity contribution in [2.45, 2.75) is 18.9 Å². The first-order chi connectivity index (χ1) is 6.58. The van der Waals surface area contributed by atoms with E-state index in [4.69, 9.17) is 0 Å². The molecule has 0 atom stereocenters. The topological polar surface area (TPSA) is 66.5 Å². The molecule has 0 aromatic rings. The summed E-state index contributed by atoms with van der Waals surface area (Å²) in [7, 11) is -2.82. The predicted octanol–water partition coefficient (Wildman–Crippen LogP) is -1.05. The molecule has 0 saturated carbocycles. The lowest BCUT2D eigenvalue weighted by atomic mass is 10.1. The van der Waals surface area contributed by atoms with E-state index in [1.165, 1.54) is 0 Å². The van der Waals surface area contributed by atoms with Gasteiger partial charge in [-0.2, -0.15) is 0 Å². The average molecular weight is 218 g/mol. The van der Waals surface area contributed by atoms with E-state index >= 15 is 0 Å². The van der Waals surface area contributed by atoms with Crippen LogP contribution in [0.3, 0.4) is 0 Å². The van der Waals surface area contributed by atoms with Gasteiger partial charge in [0.1, 0.15) is 9.84 Å². The Labute approximate surface area is 83.4 Å². The quantitative estimate of drug-likeness (QED) is 0.610. The first-order valence-corrected chi connectivity index (χ1v) is 6.61. The Hall–Kier alpha value is -0.620. The standard InChI is InChI=1S/C8H14N2O3S/c11-8-5-9-6-10(8)7-1-3-14(12,13)4-2-7/h7,9H,1-6H2. The number of hydrogen-bond acceptors (Lipinski definition) is 4. The number of amides is 1. The zero-order valence-electron chi connectivity index (χ0n) is 7.90. The molecule has 2 saturated heterocycles. The summed E-state index contributed by atoms with van der Waals surface area (Å²) in [5.41, 5.74) is 0. The molecule has 0 spiro atoms. The van der Waals surface area contributed by atoms with Crippen molar-refractivity contribution in [2.24, 2.45) is 0 Å². The molecule has 2 fully saturated rings. The summed E-state index contributed by atoms with van der Waals surface area (Å²) < 4.78 is 22.3. The maximum Gasteiger partial charge on any atom is 0.237 e. The van der Waals surface area contributed by atoms with Gasteiger partial charge >= 0.3 is 0 Å². The van der Waals surface area contributed by atoms with Gasteiger partial charge in [-0.25, -0.2) is 8.42 Å². The van der Waals surface area contributed by atoms with Crippen LogP contribution >= 0.6 is 0 Å². The molecule has 0 radical (unpaired) electrons. The zero-order valence-corrected chi connectivity index (χ0v) is 8.72. The molecular weight excluding hydrogens is 204 g/mol. The first kappa shape index (κ1) is 9.92. The highest BCUT2D eigenvalue weighted by Crippen LogP contribution is 2.18. The molecule has 1 amide bonds. The predicted molar refractivity (Wildman–Crippen MR) is 51.4 cm³/mol. The molecule has 5 nitrogen and oxygen atoms in total. The second-order valence-corrected chi connectivity index (χ2v) is 6.14. The largest absolute Gasteiger partial charge is 0.326 e. The van der Waals surface area contributed by atoms with Crippen LogP contribution in [0.5, 0.6) is 0 Å². The number of nitrogens with zero attached hydrogens (tertiary/aromatic N) is 1. The summed E-state index contributed by atoms with van der Waals surface area (Å²) in [5.74, 6) is 0.539. The van der Waals surface area contributed by atoms with E-state index in [-0.39, 0.29) is 23.5 Å². The van der Waals surface area contributed by atoms with Crippen molar-refractivity contribution in [3.63, 3.8) is 0 Å². The third-order valence-electron chi connectivity index (χ3n) is 2.84. The summed E-state index contributed by atoms with van der Waals surface area (Å²) in [6, 6.07) is 0.126. The van der Waals surface area contributed by atoms with Crippen LogP contribution in [0.25, 0.3) is 0 Å². The van der Waals surface area contributed by atoms with E-state index in [9.17, 15) is 13.2 Å². The first-order valence-electron chi connectivity index (χ1n) is 4.79. The number of sulfone groups is 1. The van der Waals surface area contributed by atoms with Gasteiger partial charge < -0.3 is 4.90 Å². The lowest BCUT2D eigenvalue weighted by Gasteiger charge is -2.30. The minimum absolute atomic E-state index is 0.0919. The molecule has 2 aliphatic rings. The van der Waals surface area contributed by atoms with Crippen molar-refractivity contribution in [1.82, 2.24) is 10.2 Å². The highest BCUT2D eigenvalue weighted by Gasteiger charge is 2.32. The summed E-state index contributed by atoms with van der Waals surface area (Å²) in [5, 5.41) is 2.97. The van der Waals surface area contributed by atoms with Gasteiger partial charge in [0, 0.05) is 6.04 Å². The van der Waals surface area contributed by atoms with Crippen molar-refractivity contribution < 1.29 is 13.2 Å². The van der Waals surface area contributed by atoms with Gasteiger partial charge in [-0.05, 0) is 12.8 Å². The van der Waals surface area contributed by atoms with Gasteiger partial charge in [-0.1, -0.05) is 0 Å². The van der Waals surface area contributed by atoms with Crippen molar-refractivity contribution in [1.29, 1.82) is 0 Å². The molecule has 2 aliphatic heterocycles. The van der Waals surface area contributed by atoms with Crippen LogP contribution in [-0.4, -0.2) is 50.0 Å². The van der Waals surface area contributed by atoms with E-state index in [1.807, 2.05) is 0 Å². The van der Waals surface area contributed by atoms with Crippen LogP contribution in [0.1, 0.15) is 12.8 Å². The molecule has 0 unspecified atom stereocenters. The van der Waals surface area contributed by atoms with Gasteiger partial charge in [0.2, 0.25) is 5.91 Å². The summed E-state index contributed by atoms with van der Waals surface area (Å²) in [6.07, 6.45) is 1.19. The van der Waals surface area contributed by atoms with Crippen LogP contribution < -0.4 is 5.32 Å². The lowest BCUT2D eigenvalue weighted by Crippen LogP contribution is -2.42. The second kappa shape index (κ2) is 3.51. The van der Waals surface area contributed by atoms with Crippen LogP contribution in [-0.2, 0) is 14.6 Å². The highest BCUT2D eigenvalue weighted by atomic mass is 32.2. The fraction of sp³-hybridized carbons (Fsp3) is 0.875. The van der Waals surface area contributed by atoms with E-state index < -0.39 is 9.84 Å². The fourth-order valence-corrected chi connectivity index (χ4v) is 3.46. The van der Waals surface area contributed by atoms with Gasteiger partial charge in [-0.3, -0.25) is 10.1 Å². The Bertz CT molecular complexity index is 324. The maximum atomic E-state index is 11.3. The van der Waals surface area contributed by atoms with Gasteiger partial charge in [0.15, 0.2) is 0 Å². The number of rotatable bonds is 1. The second-order valence-electron chi connectivity index (χ2n) is 3.83. The third-order valence-corrected chi connectivity index (χ3v) is 4.56. The molecule has 2 heterocycles. The van der Waals surface area contributed by atoms with Crippen LogP contribution in [0.15, 0.2) is 0 Å². The van der Waals surface area contributed by atoms with Gasteiger partial charge in [0.25, 0.3) is 0 Å². The number of carbonyl (C=O) groups is 1. The van der Waals surface area contributed by atoms with Crippen LogP contribution in [0, 0.1) is 0 Å². The molecule has 14 heavy (non-hydrogen) atoms. The SMILES string of the molecule is O=C1CNCN1C1CCS(=O)(=O)CC1. The summed E-state index contributed by atoms with van der Waals surface area (Å²) >= 11 is 0. The molecule has 0 aromatic carbocycles. The number of carbonyl (C=O) groups excluding carboxylic acids is 1.